The van der Waals surface area contributed by atoms with E-state index in [1.54, 1.807) is 6.20 Å². The number of carbonyl (C=O) groups excluding carboxylic acids is 1. The third-order valence-electron chi connectivity index (χ3n) is 7.48. The standard InChI is InChI=1S/C31H31N5O3S/c1-19-7-6-8-22(15-19)33-28(37)12-14-35-30(29(34-31(35)40)25-9-4-5-13-32-25)24-16-20(2)36(21(24)3)23-10-11-26-27(17-23)39-18-38-26/h4-11,13,15-17,29-30H,12,14,18H2,1-3H3,(H,33,37)(H,34,40). The molecule has 204 valence electrons. The number of rotatable bonds is 7. The van der Waals surface area contributed by atoms with E-state index < -0.39 is 0 Å². The Morgan fingerprint density at radius 2 is 1.90 bits per heavy atom. The number of aromatic nitrogens is 2. The highest BCUT2D eigenvalue weighted by molar-refractivity contribution is 7.80. The molecular formula is C31H31N5O3S. The van der Waals surface area contributed by atoms with Crippen molar-refractivity contribution in [2.75, 3.05) is 18.7 Å². The third kappa shape index (κ3) is 4.88. The predicted molar refractivity (Wildman–Crippen MR) is 158 cm³/mol. The summed E-state index contributed by atoms with van der Waals surface area (Å²) in [5.74, 6) is 1.43. The number of aryl methyl sites for hydroxylation is 2. The molecule has 1 amide bonds. The van der Waals surface area contributed by atoms with Crippen LogP contribution < -0.4 is 20.1 Å². The maximum absolute atomic E-state index is 12.9. The number of ether oxygens (including phenoxy) is 2. The Morgan fingerprint density at radius 3 is 2.70 bits per heavy atom. The number of amides is 1. The molecule has 40 heavy (non-hydrogen) atoms. The van der Waals surface area contributed by atoms with Crippen LogP contribution in [0.1, 0.15) is 46.7 Å². The second kappa shape index (κ2) is 10.7. The Hall–Kier alpha value is -4.37. The first-order chi connectivity index (χ1) is 19.4. The molecule has 1 fully saturated rings. The van der Waals surface area contributed by atoms with Gasteiger partial charge in [0.05, 0.1) is 17.8 Å². The van der Waals surface area contributed by atoms with Gasteiger partial charge in [-0.25, -0.2) is 0 Å². The van der Waals surface area contributed by atoms with Crippen LogP contribution in [0.4, 0.5) is 5.69 Å². The quantitative estimate of drug-likeness (QED) is 0.292. The van der Waals surface area contributed by atoms with Crippen LogP contribution in [0.3, 0.4) is 0 Å². The highest BCUT2D eigenvalue weighted by Gasteiger charge is 2.41. The van der Waals surface area contributed by atoms with Crippen LogP contribution in [0.2, 0.25) is 0 Å². The summed E-state index contributed by atoms with van der Waals surface area (Å²) in [6, 6.07) is 21.6. The molecule has 2 aliphatic rings. The summed E-state index contributed by atoms with van der Waals surface area (Å²) < 4.78 is 13.4. The Balaban J connectivity index is 1.32. The van der Waals surface area contributed by atoms with E-state index in [1.807, 2.05) is 67.6 Å². The van der Waals surface area contributed by atoms with Gasteiger partial charge in [-0.3, -0.25) is 9.78 Å². The van der Waals surface area contributed by atoms with Gasteiger partial charge in [0, 0.05) is 48.0 Å². The monoisotopic (exact) mass is 553 g/mol. The predicted octanol–water partition coefficient (Wildman–Crippen LogP) is 5.53. The summed E-state index contributed by atoms with van der Waals surface area (Å²) in [7, 11) is 0. The molecular weight excluding hydrogens is 522 g/mol. The van der Waals surface area contributed by atoms with Gasteiger partial charge in [-0.2, -0.15) is 0 Å². The number of anilines is 1. The molecule has 0 saturated carbocycles. The number of hydrogen-bond donors (Lipinski definition) is 2. The number of carbonyl (C=O) groups is 1. The van der Waals surface area contributed by atoms with E-state index in [1.165, 1.54) is 0 Å². The van der Waals surface area contributed by atoms with Gasteiger partial charge in [0.2, 0.25) is 12.7 Å². The number of hydrogen-bond acceptors (Lipinski definition) is 5. The van der Waals surface area contributed by atoms with Crippen molar-refractivity contribution in [2.45, 2.75) is 39.3 Å². The van der Waals surface area contributed by atoms with Crippen molar-refractivity contribution < 1.29 is 14.3 Å². The molecule has 6 rings (SSSR count). The van der Waals surface area contributed by atoms with Gasteiger partial charge in [-0.15, -0.1) is 0 Å². The van der Waals surface area contributed by atoms with Gasteiger partial charge in [-0.1, -0.05) is 18.2 Å². The maximum atomic E-state index is 12.9. The minimum Gasteiger partial charge on any atom is -0.454 e. The van der Waals surface area contributed by atoms with E-state index in [9.17, 15) is 4.79 Å². The second-order valence-electron chi connectivity index (χ2n) is 10.2. The molecule has 8 nitrogen and oxygen atoms in total. The molecule has 2 aliphatic heterocycles. The van der Waals surface area contributed by atoms with Crippen molar-refractivity contribution >= 4 is 28.9 Å². The minimum absolute atomic E-state index is 0.0562. The number of benzene rings is 2. The summed E-state index contributed by atoms with van der Waals surface area (Å²) in [6.45, 7) is 6.91. The van der Waals surface area contributed by atoms with Crippen LogP contribution in [0.5, 0.6) is 11.5 Å². The fourth-order valence-electron chi connectivity index (χ4n) is 5.66. The van der Waals surface area contributed by atoms with E-state index in [4.69, 9.17) is 21.7 Å². The largest absolute Gasteiger partial charge is 0.454 e. The number of fused-ring (bicyclic) bond motifs is 1. The van der Waals surface area contributed by atoms with Gasteiger partial charge in [0.25, 0.3) is 0 Å². The summed E-state index contributed by atoms with van der Waals surface area (Å²) in [4.78, 5) is 19.7. The average molecular weight is 554 g/mol. The van der Waals surface area contributed by atoms with E-state index in [-0.39, 0.29) is 24.8 Å². The molecule has 0 radical (unpaired) electrons. The molecule has 4 aromatic rings. The van der Waals surface area contributed by atoms with Crippen molar-refractivity contribution in [1.29, 1.82) is 0 Å². The number of nitrogens with zero attached hydrogens (tertiary/aromatic N) is 3. The van der Waals surface area contributed by atoms with Crippen LogP contribution >= 0.6 is 12.2 Å². The fraction of sp³-hybridized carbons (Fsp3) is 0.258. The van der Waals surface area contributed by atoms with Gasteiger partial charge in [-0.05, 0) is 86.6 Å². The first kappa shape index (κ1) is 25.9. The van der Waals surface area contributed by atoms with Gasteiger partial charge >= 0.3 is 0 Å². The van der Waals surface area contributed by atoms with Crippen molar-refractivity contribution in [1.82, 2.24) is 19.8 Å². The summed E-state index contributed by atoms with van der Waals surface area (Å²) in [5, 5.41) is 7.12. The van der Waals surface area contributed by atoms with Crippen LogP contribution in [0, 0.1) is 20.8 Å². The SMILES string of the molecule is Cc1cccc(NC(=O)CCN2C(=S)NC(c3ccccn3)C2c2cc(C)n(-c3ccc4c(c3)OCO4)c2C)c1. The fourth-order valence-corrected chi connectivity index (χ4v) is 5.99. The van der Waals surface area contributed by atoms with Crippen LogP contribution in [-0.4, -0.2) is 38.8 Å². The number of pyridine rings is 1. The maximum Gasteiger partial charge on any atom is 0.231 e. The van der Waals surface area contributed by atoms with Gasteiger partial charge in [0.15, 0.2) is 16.6 Å². The highest BCUT2D eigenvalue weighted by Crippen LogP contribution is 2.42. The average Bonchev–Trinajstić information content (AvgIpc) is 3.62. The molecule has 0 spiro atoms. The van der Waals surface area contributed by atoms with Crippen molar-refractivity contribution in [3.05, 3.63) is 101 Å². The van der Waals surface area contributed by atoms with Gasteiger partial charge in [0.1, 0.15) is 0 Å². The summed E-state index contributed by atoms with van der Waals surface area (Å²) in [5.41, 5.74) is 7.08. The molecule has 2 unspecified atom stereocenters. The number of thiocarbonyl (C=S) groups is 1. The lowest BCUT2D eigenvalue weighted by Gasteiger charge is -2.28. The van der Waals surface area contributed by atoms with Crippen LogP contribution in [0.15, 0.2) is 72.9 Å². The molecule has 0 aliphatic carbocycles. The molecule has 2 atom stereocenters. The lowest BCUT2D eigenvalue weighted by atomic mass is 9.96. The topological polar surface area (TPSA) is 80.7 Å². The van der Waals surface area contributed by atoms with E-state index in [0.29, 0.717) is 18.1 Å². The molecule has 4 heterocycles. The second-order valence-corrected chi connectivity index (χ2v) is 10.6. The van der Waals surface area contributed by atoms with Crippen molar-refractivity contribution in [3.8, 4) is 17.2 Å². The zero-order chi connectivity index (χ0) is 27.8. The van der Waals surface area contributed by atoms with Gasteiger partial charge < -0.3 is 29.6 Å². The zero-order valence-electron chi connectivity index (χ0n) is 22.7. The summed E-state index contributed by atoms with van der Waals surface area (Å²) in [6.07, 6.45) is 2.09. The Kier molecular flexibility index (Phi) is 6.89. The first-order valence-corrected chi connectivity index (χ1v) is 13.7. The highest BCUT2D eigenvalue weighted by atomic mass is 32.1. The molecule has 1 saturated heterocycles. The molecule has 2 aromatic carbocycles. The van der Waals surface area contributed by atoms with Crippen molar-refractivity contribution in [3.63, 3.8) is 0 Å². The first-order valence-electron chi connectivity index (χ1n) is 13.3. The molecule has 2 aromatic heterocycles. The van der Waals surface area contributed by atoms with Crippen molar-refractivity contribution in [2.24, 2.45) is 0 Å². The Morgan fingerprint density at radius 1 is 1.05 bits per heavy atom. The third-order valence-corrected chi connectivity index (χ3v) is 7.84. The zero-order valence-corrected chi connectivity index (χ0v) is 23.5. The molecule has 2 N–H and O–H groups in total. The Labute approximate surface area is 238 Å². The van der Waals surface area contributed by atoms with Crippen LogP contribution in [-0.2, 0) is 4.79 Å². The lowest BCUT2D eigenvalue weighted by molar-refractivity contribution is -0.116. The normalized spacial score (nSPS) is 17.7. The number of nitrogens with one attached hydrogen (secondary N) is 2. The smallest absolute Gasteiger partial charge is 0.231 e. The van der Waals surface area contributed by atoms with E-state index >= 15 is 0 Å². The molecule has 0 bridgehead atoms. The summed E-state index contributed by atoms with van der Waals surface area (Å²) >= 11 is 5.84. The van der Waals surface area contributed by atoms with E-state index in [0.717, 1.165) is 51.1 Å². The molecule has 9 heteroatoms. The minimum atomic E-state index is -0.167. The lowest BCUT2D eigenvalue weighted by Crippen LogP contribution is -2.32. The van der Waals surface area contributed by atoms with Crippen LogP contribution in [0.25, 0.3) is 5.69 Å². The van der Waals surface area contributed by atoms with E-state index in [2.05, 4.69) is 45.0 Å². The Bertz CT molecular complexity index is 1590.